The highest BCUT2D eigenvalue weighted by Gasteiger charge is 2.09. The van der Waals surface area contributed by atoms with Crippen LogP contribution in [0.15, 0.2) is 41.5 Å². The number of ether oxygens (including phenoxy) is 2. The number of nitrogens with zero attached hydrogens (tertiary/aromatic N) is 2. The maximum Gasteiger partial charge on any atom is 0.191 e. The lowest BCUT2D eigenvalue weighted by molar-refractivity contribution is 0.322. The first-order valence-corrected chi connectivity index (χ1v) is 8.27. The first-order chi connectivity index (χ1) is 12.2. The van der Waals surface area contributed by atoms with E-state index in [9.17, 15) is 0 Å². The van der Waals surface area contributed by atoms with Gasteiger partial charge < -0.3 is 20.1 Å². The maximum atomic E-state index is 5.65. The fourth-order valence-electron chi connectivity index (χ4n) is 2.49. The van der Waals surface area contributed by atoms with Crippen molar-refractivity contribution in [2.24, 2.45) is 4.99 Å². The standard InChI is InChI=1S/C19H26N4O2.HI/c1-14-12-22-17(15(2)18(14)24-4)13-23-19(20-3)21-10-11-25-16-8-6-5-7-9-16;/h5-9,12H,10-11,13H2,1-4H3,(H2,20,21,23);1H. The van der Waals surface area contributed by atoms with E-state index in [1.54, 1.807) is 14.2 Å². The van der Waals surface area contributed by atoms with Gasteiger partial charge in [0, 0.05) is 24.4 Å². The van der Waals surface area contributed by atoms with Gasteiger partial charge in [0.05, 0.1) is 25.9 Å². The number of rotatable bonds is 7. The van der Waals surface area contributed by atoms with Crippen LogP contribution in [0.25, 0.3) is 0 Å². The van der Waals surface area contributed by atoms with Crippen LogP contribution in [0.2, 0.25) is 0 Å². The molecule has 0 amide bonds. The Bertz CT molecular complexity index is 708. The summed E-state index contributed by atoms with van der Waals surface area (Å²) in [6, 6.07) is 9.74. The number of hydrogen-bond donors (Lipinski definition) is 2. The van der Waals surface area contributed by atoms with E-state index < -0.39 is 0 Å². The molecule has 2 rings (SSSR count). The highest BCUT2D eigenvalue weighted by atomic mass is 127. The molecule has 0 aliphatic heterocycles. The summed E-state index contributed by atoms with van der Waals surface area (Å²) in [5.41, 5.74) is 3.01. The first kappa shape index (κ1) is 22.0. The molecule has 1 aromatic carbocycles. The summed E-state index contributed by atoms with van der Waals surface area (Å²) in [4.78, 5) is 8.70. The normalized spacial score (nSPS) is 10.7. The van der Waals surface area contributed by atoms with Gasteiger partial charge in [0.1, 0.15) is 18.1 Å². The third kappa shape index (κ3) is 6.36. The predicted octanol–water partition coefficient (Wildman–Crippen LogP) is 3.07. The average molecular weight is 470 g/mol. The molecular formula is C19H27IN4O2. The molecule has 0 radical (unpaired) electrons. The fourth-order valence-corrected chi connectivity index (χ4v) is 2.49. The third-order valence-electron chi connectivity index (χ3n) is 3.80. The number of methoxy groups -OCH3 is 1. The molecule has 0 fully saturated rings. The highest BCUT2D eigenvalue weighted by molar-refractivity contribution is 14.0. The summed E-state index contributed by atoms with van der Waals surface area (Å²) >= 11 is 0. The molecule has 0 atom stereocenters. The van der Waals surface area contributed by atoms with E-state index in [0.29, 0.717) is 25.7 Å². The molecule has 2 aromatic rings. The molecule has 6 nitrogen and oxygen atoms in total. The number of hydrogen-bond acceptors (Lipinski definition) is 4. The number of guanidine groups is 1. The number of aromatic nitrogens is 1. The van der Waals surface area contributed by atoms with Crippen molar-refractivity contribution >= 4 is 29.9 Å². The van der Waals surface area contributed by atoms with Crippen LogP contribution < -0.4 is 20.1 Å². The molecule has 0 aliphatic carbocycles. The predicted molar refractivity (Wildman–Crippen MR) is 116 cm³/mol. The molecule has 0 aliphatic rings. The van der Waals surface area contributed by atoms with Gasteiger partial charge in [-0.2, -0.15) is 0 Å². The first-order valence-electron chi connectivity index (χ1n) is 8.27. The molecule has 142 valence electrons. The summed E-state index contributed by atoms with van der Waals surface area (Å²) < 4.78 is 11.1. The molecule has 0 saturated heterocycles. The maximum absolute atomic E-state index is 5.65. The lowest BCUT2D eigenvalue weighted by Gasteiger charge is -2.15. The lowest BCUT2D eigenvalue weighted by atomic mass is 10.1. The highest BCUT2D eigenvalue weighted by Crippen LogP contribution is 2.23. The SMILES string of the molecule is CN=C(NCCOc1ccccc1)NCc1ncc(C)c(OC)c1C.I. The van der Waals surface area contributed by atoms with Crippen LogP contribution in [0, 0.1) is 13.8 Å². The van der Waals surface area contributed by atoms with Gasteiger partial charge in [0.2, 0.25) is 0 Å². The molecule has 2 N–H and O–H groups in total. The summed E-state index contributed by atoms with van der Waals surface area (Å²) in [7, 11) is 3.42. The monoisotopic (exact) mass is 470 g/mol. The molecule has 0 saturated carbocycles. The zero-order valence-corrected chi connectivity index (χ0v) is 18.0. The second-order valence-electron chi connectivity index (χ2n) is 5.56. The van der Waals surface area contributed by atoms with Crippen molar-refractivity contribution in [3.8, 4) is 11.5 Å². The smallest absolute Gasteiger partial charge is 0.191 e. The Morgan fingerprint density at radius 2 is 1.88 bits per heavy atom. The summed E-state index contributed by atoms with van der Waals surface area (Å²) in [5, 5.41) is 6.49. The minimum absolute atomic E-state index is 0. The molecule has 0 bridgehead atoms. The molecule has 7 heteroatoms. The Labute approximate surface area is 172 Å². The van der Waals surface area contributed by atoms with E-state index in [-0.39, 0.29) is 24.0 Å². The van der Waals surface area contributed by atoms with E-state index in [0.717, 1.165) is 28.3 Å². The van der Waals surface area contributed by atoms with E-state index >= 15 is 0 Å². The van der Waals surface area contributed by atoms with Crippen LogP contribution in [-0.4, -0.2) is 38.3 Å². The van der Waals surface area contributed by atoms with Crippen LogP contribution in [-0.2, 0) is 6.54 Å². The molecule has 26 heavy (non-hydrogen) atoms. The average Bonchev–Trinajstić information content (AvgIpc) is 2.64. The lowest BCUT2D eigenvalue weighted by Crippen LogP contribution is -2.39. The van der Waals surface area contributed by atoms with Gasteiger partial charge in [-0.25, -0.2) is 0 Å². The van der Waals surface area contributed by atoms with E-state index in [1.165, 1.54) is 0 Å². The zero-order chi connectivity index (χ0) is 18.1. The van der Waals surface area contributed by atoms with Gasteiger partial charge in [-0.15, -0.1) is 24.0 Å². The molecule has 1 heterocycles. The second-order valence-corrected chi connectivity index (χ2v) is 5.56. The quantitative estimate of drug-likeness (QED) is 0.282. The number of nitrogens with one attached hydrogen (secondary N) is 2. The van der Waals surface area contributed by atoms with Crippen LogP contribution >= 0.6 is 24.0 Å². The Balaban J connectivity index is 0.00000338. The molecule has 0 unspecified atom stereocenters. The van der Waals surface area contributed by atoms with Crippen LogP contribution in [0.5, 0.6) is 11.5 Å². The number of aliphatic imine (C=N–C) groups is 1. The van der Waals surface area contributed by atoms with Gasteiger partial charge >= 0.3 is 0 Å². The van der Waals surface area contributed by atoms with Crippen molar-refractivity contribution in [1.82, 2.24) is 15.6 Å². The minimum atomic E-state index is 0. The Morgan fingerprint density at radius 3 is 2.54 bits per heavy atom. The van der Waals surface area contributed by atoms with E-state index in [4.69, 9.17) is 9.47 Å². The number of aryl methyl sites for hydroxylation is 1. The molecular weight excluding hydrogens is 443 g/mol. The van der Waals surface area contributed by atoms with Crippen molar-refractivity contribution in [3.63, 3.8) is 0 Å². The van der Waals surface area contributed by atoms with Crippen molar-refractivity contribution in [1.29, 1.82) is 0 Å². The van der Waals surface area contributed by atoms with Gasteiger partial charge in [0.25, 0.3) is 0 Å². The van der Waals surface area contributed by atoms with Crippen molar-refractivity contribution in [3.05, 3.63) is 53.3 Å². The number of benzene rings is 1. The van der Waals surface area contributed by atoms with Gasteiger partial charge in [0.15, 0.2) is 5.96 Å². The minimum Gasteiger partial charge on any atom is -0.496 e. The number of halogens is 1. The second kappa shape index (κ2) is 11.6. The Kier molecular flexibility index (Phi) is 9.79. The number of para-hydroxylation sites is 1. The third-order valence-corrected chi connectivity index (χ3v) is 3.80. The van der Waals surface area contributed by atoms with Gasteiger partial charge in [-0.1, -0.05) is 18.2 Å². The summed E-state index contributed by atoms with van der Waals surface area (Å²) in [6.07, 6.45) is 1.83. The largest absolute Gasteiger partial charge is 0.496 e. The van der Waals surface area contributed by atoms with Crippen molar-refractivity contribution < 1.29 is 9.47 Å². The van der Waals surface area contributed by atoms with Gasteiger partial charge in [-0.3, -0.25) is 9.98 Å². The van der Waals surface area contributed by atoms with E-state index in [2.05, 4.69) is 20.6 Å². The topological polar surface area (TPSA) is 67.8 Å². The fraction of sp³-hybridized carbons (Fsp3) is 0.368. The van der Waals surface area contributed by atoms with Crippen molar-refractivity contribution in [2.45, 2.75) is 20.4 Å². The summed E-state index contributed by atoms with van der Waals surface area (Å²) in [5.74, 6) is 2.45. The van der Waals surface area contributed by atoms with Crippen molar-refractivity contribution in [2.75, 3.05) is 27.3 Å². The molecule has 0 spiro atoms. The van der Waals surface area contributed by atoms with E-state index in [1.807, 2.05) is 50.4 Å². The van der Waals surface area contributed by atoms with Gasteiger partial charge in [-0.05, 0) is 26.0 Å². The van der Waals surface area contributed by atoms with Crippen LogP contribution in [0.1, 0.15) is 16.8 Å². The van der Waals surface area contributed by atoms with Crippen LogP contribution in [0.3, 0.4) is 0 Å². The van der Waals surface area contributed by atoms with Crippen LogP contribution in [0.4, 0.5) is 0 Å². The summed E-state index contributed by atoms with van der Waals surface area (Å²) in [6.45, 7) is 5.78. The zero-order valence-electron chi connectivity index (χ0n) is 15.7. The molecule has 1 aromatic heterocycles. The Morgan fingerprint density at radius 1 is 1.15 bits per heavy atom. The number of pyridine rings is 1. The Hall–Kier alpha value is -2.03.